The lowest BCUT2D eigenvalue weighted by molar-refractivity contribution is -0.121. The highest BCUT2D eigenvalue weighted by Gasteiger charge is 2.20. The average molecular weight is 446 g/mol. The number of nitrogens with one attached hydrogen (secondary N) is 2. The normalized spacial score (nSPS) is 15.6. The molecule has 0 bridgehead atoms. The van der Waals surface area contributed by atoms with Crippen molar-refractivity contribution in [1.29, 1.82) is 0 Å². The number of rotatable bonds is 7. The van der Waals surface area contributed by atoms with E-state index in [-0.39, 0.29) is 24.4 Å². The highest BCUT2D eigenvalue weighted by atomic mass is 79.9. The second kappa shape index (κ2) is 10.4. The van der Waals surface area contributed by atoms with Crippen molar-refractivity contribution < 1.29 is 14.3 Å². The fourth-order valence-electron chi connectivity index (χ4n) is 3.10. The molecule has 1 saturated heterocycles. The average Bonchev–Trinajstić information content (AvgIpc) is 2.73. The van der Waals surface area contributed by atoms with E-state index in [1.807, 2.05) is 36.4 Å². The maximum atomic E-state index is 12.5. The van der Waals surface area contributed by atoms with Gasteiger partial charge in [0, 0.05) is 29.7 Å². The quantitative estimate of drug-likeness (QED) is 0.686. The molecule has 1 fully saturated rings. The molecule has 148 valence electrons. The first-order valence-corrected chi connectivity index (χ1v) is 10.1. The van der Waals surface area contributed by atoms with E-state index >= 15 is 0 Å². The molecule has 3 rings (SSSR count). The summed E-state index contributed by atoms with van der Waals surface area (Å²) in [5.41, 5.74) is 1.55. The van der Waals surface area contributed by atoms with E-state index in [1.54, 1.807) is 18.2 Å². The molecule has 2 aromatic carbocycles. The summed E-state index contributed by atoms with van der Waals surface area (Å²) in [6.45, 7) is 3.74. The minimum absolute atomic E-state index is 0.0716. The van der Waals surface area contributed by atoms with Crippen molar-refractivity contribution in [1.82, 2.24) is 15.5 Å². The molecule has 2 N–H and O–H groups in total. The van der Waals surface area contributed by atoms with E-state index in [1.165, 1.54) is 0 Å². The van der Waals surface area contributed by atoms with E-state index in [9.17, 15) is 9.59 Å². The van der Waals surface area contributed by atoms with Gasteiger partial charge in [-0.1, -0.05) is 52.3 Å². The monoisotopic (exact) mass is 445 g/mol. The van der Waals surface area contributed by atoms with Crippen LogP contribution in [0, 0.1) is 0 Å². The van der Waals surface area contributed by atoms with Gasteiger partial charge in [-0.15, -0.1) is 0 Å². The van der Waals surface area contributed by atoms with E-state index in [0.717, 1.165) is 23.1 Å². The van der Waals surface area contributed by atoms with Crippen molar-refractivity contribution in [2.75, 3.05) is 39.4 Å². The second-order valence-corrected chi connectivity index (χ2v) is 7.55. The van der Waals surface area contributed by atoms with E-state index in [4.69, 9.17) is 4.74 Å². The number of benzene rings is 2. The number of nitrogens with zero attached hydrogens (tertiary/aromatic N) is 1. The fourth-order valence-corrected chi connectivity index (χ4v) is 3.50. The van der Waals surface area contributed by atoms with Crippen LogP contribution in [0.4, 0.5) is 0 Å². The SMILES string of the molecule is O=C(CNC(=O)c1cccc(Br)c1)NC(CN1CCOCC1)c1ccccc1. The Morgan fingerprint density at radius 1 is 1.07 bits per heavy atom. The van der Waals surface area contributed by atoms with E-state index in [0.29, 0.717) is 25.3 Å². The van der Waals surface area contributed by atoms with Crippen LogP contribution in [-0.4, -0.2) is 56.1 Å². The Labute approximate surface area is 173 Å². The first-order valence-electron chi connectivity index (χ1n) is 9.30. The lowest BCUT2D eigenvalue weighted by Gasteiger charge is -2.31. The zero-order chi connectivity index (χ0) is 19.8. The second-order valence-electron chi connectivity index (χ2n) is 6.64. The van der Waals surface area contributed by atoms with Crippen LogP contribution >= 0.6 is 15.9 Å². The van der Waals surface area contributed by atoms with Crippen LogP contribution in [-0.2, 0) is 9.53 Å². The van der Waals surface area contributed by atoms with Crippen LogP contribution in [0.5, 0.6) is 0 Å². The Bertz CT molecular complexity index is 794. The minimum Gasteiger partial charge on any atom is -0.379 e. The third-order valence-electron chi connectivity index (χ3n) is 4.58. The Balaban J connectivity index is 1.58. The number of halogens is 1. The maximum Gasteiger partial charge on any atom is 0.251 e. The maximum absolute atomic E-state index is 12.5. The van der Waals surface area contributed by atoms with E-state index < -0.39 is 0 Å². The molecule has 28 heavy (non-hydrogen) atoms. The summed E-state index contributed by atoms with van der Waals surface area (Å²) in [6, 6.07) is 16.8. The molecule has 0 spiro atoms. The molecule has 0 saturated carbocycles. The summed E-state index contributed by atoms with van der Waals surface area (Å²) in [6.07, 6.45) is 0. The summed E-state index contributed by atoms with van der Waals surface area (Å²) >= 11 is 3.34. The van der Waals surface area contributed by atoms with Crippen molar-refractivity contribution in [3.8, 4) is 0 Å². The molecule has 7 heteroatoms. The van der Waals surface area contributed by atoms with Crippen LogP contribution in [0.3, 0.4) is 0 Å². The van der Waals surface area contributed by atoms with Crippen LogP contribution < -0.4 is 10.6 Å². The van der Waals surface area contributed by atoms with Gasteiger partial charge in [-0.3, -0.25) is 14.5 Å². The van der Waals surface area contributed by atoms with Crippen molar-refractivity contribution in [2.24, 2.45) is 0 Å². The summed E-state index contributed by atoms with van der Waals surface area (Å²) in [5, 5.41) is 5.73. The van der Waals surface area contributed by atoms with Gasteiger partial charge in [0.1, 0.15) is 0 Å². The zero-order valence-corrected chi connectivity index (χ0v) is 17.2. The predicted octanol–water partition coefficient (Wildman–Crippen LogP) is 2.37. The standard InChI is InChI=1S/C21H24BrN3O3/c22-18-8-4-7-17(13-18)21(27)23-14-20(26)24-19(16-5-2-1-3-6-16)15-25-9-11-28-12-10-25/h1-8,13,19H,9-12,14-15H2,(H,23,27)(H,24,26). The molecule has 2 aromatic rings. The van der Waals surface area contributed by atoms with Crippen molar-refractivity contribution in [3.63, 3.8) is 0 Å². The first kappa shape index (κ1) is 20.5. The number of morpholine rings is 1. The molecular formula is C21H24BrN3O3. The van der Waals surface area contributed by atoms with Gasteiger partial charge in [0.05, 0.1) is 25.8 Å². The Hall–Kier alpha value is -2.22. The molecule has 6 nitrogen and oxygen atoms in total. The molecule has 1 atom stereocenters. The predicted molar refractivity (Wildman–Crippen MR) is 111 cm³/mol. The fraction of sp³-hybridized carbons (Fsp3) is 0.333. The zero-order valence-electron chi connectivity index (χ0n) is 15.6. The summed E-state index contributed by atoms with van der Waals surface area (Å²) in [5.74, 6) is -0.494. The van der Waals surface area contributed by atoms with Crippen LogP contribution in [0.1, 0.15) is 22.0 Å². The van der Waals surface area contributed by atoms with Gasteiger partial charge in [-0.05, 0) is 23.8 Å². The third-order valence-corrected chi connectivity index (χ3v) is 5.07. The summed E-state index contributed by atoms with van der Waals surface area (Å²) in [7, 11) is 0. The smallest absolute Gasteiger partial charge is 0.251 e. The van der Waals surface area contributed by atoms with Crippen molar-refractivity contribution >= 4 is 27.7 Å². The molecule has 0 radical (unpaired) electrons. The lowest BCUT2D eigenvalue weighted by atomic mass is 10.1. The molecule has 0 aromatic heterocycles. The van der Waals surface area contributed by atoms with Gasteiger partial charge < -0.3 is 15.4 Å². The molecule has 1 unspecified atom stereocenters. The number of carbonyl (C=O) groups excluding carboxylic acids is 2. The molecule has 1 heterocycles. The number of amides is 2. The van der Waals surface area contributed by atoms with Crippen molar-refractivity contribution in [3.05, 3.63) is 70.2 Å². The highest BCUT2D eigenvalue weighted by molar-refractivity contribution is 9.10. The summed E-state index contributed by atoms with van der Waals surface area (Å²) < 4.78 is 6.22. The Morgan fingerprint density at radius 3 is 2.54 bits per heavy atom. The van der Waals surface area contributed by atoms with Gasteiger partial charge in [-0.2, -0.15) is 0 Å². The topological polar surface area (TPSA) is 70.7 Å². The number of carbonyl (C=O) groups is 2. The van der Waals surface area contributed by atoms with Crippen LogP contribution in [0.25, 0.3) is 0 Å². The number of hydrogen-bond acceptors (Lipinski definition) is 4. The van der Waals surface area contributed by atoms with Crippen molar-refractivity contribution in [2.45, 2.75) is 6.04 Å². The van der Waals surface area contributed by atoms with Crippen LogP contribution in [0.2, 0.25) is 0 Å². The van der Waals surface area contributed by atoms with Crippen LogP contribution in [0.15, 0.2) is 59.1 Å². The molecule has 0 aliphatic carbocycles. The number of hydrogen-bond donors (Lipinski definition) is 2. The van der Waals surface area contributed by atoms with Gasteiger partial charge >= 0.3 is 0 Å². The van der Waals surface area contributed by atoms with Gasteiger partial charge in [0.15, 0.2) is 0 Å². The van der Waals surface area contributed by atoms with Gasteiger partial charge in [0.2, 0.25) is 5.91 Å². The molecular weight excluding hydrogens is 422 g/mol. The minimum atomic E-state index is -0.277. The number of ether oxygens (including phenoxy) is 1. The van der Waals surface area contributed by atoms with Gasteiger partial charge in [-0.25, -0.2) is 0 Å². The first-order chi connectivity index (χ1) is 13.6. The Kier molecular flexibility index (Phi) is 7.59. The molecule has 1 aliphatic heterocycles. The third kappa shape index (κ3) is 6.15. The lowest BCUT2D eigenvalue weighted by Crippen LogP contribution is -2.45. The summed E-state index contributed by atoms with van der Waals surface area (Å²) in [4.78, 5) is 27.0. The Morgan fingerprint density at radius 2 is 1.82 bits per heavy atom. The van der Waals surface area contributed by atoms with Gasteiger partial charge in [0.25, 0.3) is 5.91 Å². The molecule has 1 aliphatic rings. The molecule has 2 amide bonds. The highest BCUT2D eigenvalue weighted by Crippen LogP contribution is 2.15. The largest absolute Gasteiger partial charge is 0.379 e. The van der Waals surface area contributed by atoms with E-state index in [2.05, 4.69) is 31.5 Å².